The molecule has 1 aliphatic carbocycles. The third-order valence-electron chi connectivity index (χ3n) is 2.28. The fourth-order valence-electron chi connectivity index (χ4n) is 1.67. The van der Waals surface area contributed by atoms with E-state index in [0.717, 1.165) is 19.3 Å². The highest BCUT2D eigenvalue weighted by atomic mass is 16.3. The van der Waals surface area contributed by atoms with Crippen LogP contribution < -0.4 is 0 Å². The molecule has 1 aromatic rings. The second kappa shape index (κ2) is 2.66. The van der Waals surface area contributed by atoms with Gasteiger partial charge in [-0.1, -0.05) is 0 Å². The molecule has 2 rings (SSSR count). The first-order valence-electron chi connectivity index (χ1n) is 4.03. The lowest BCUT2D eigenvalue weighted by atomic mass is 10.2. The molecule has 0 spiro atoms. The van der Waals surface area contributed by atoms with E-state index in [1.54, 1.807) is 6.20 Å². The van der Waals surface area contributed by atoms with Crippen LogP contribution in [0.5, 0.6) is 0 Å². The van der Waals surface area contributed by atoms with Gasteiger partial charge in [0, 0.05) is 12.4 Å². The molecule has 1 fully saturated rings. The monoisotopic (exact) mass is 152 g/mol. The summed E-state index contributed by atoms with van der Waals surface area (Å²) in [5.41, 5.74) is 0. The van der Waals surface area contributed by atoms with Crippen LogP contribution in [0.1, 0.15) is 25.3 Å². The molecule has 0 radical (unpaired) electrons. The van der Waals surface area contributed by atoms with Crippen molar-refractivity contribution in [2.24, 2.45) is 0 Å². The number of nitrogens with zero attached hydrogens (tertiary/aromatic N) is 2. The lowest BCUT2D eigenvalue weighted by Gasteiger charge is -2.08. The van der Waals surface area contributed by atoms with E-state index in [9.17, 15) is 5.11 Å². The summed E-state index contributed by atoms with van der Waals surface area (Å²) in [6.45, 7) is 0. The van der Waals surface area contributed by atoms with Crippen molar-refractivity contribution in [3.8, 4) is 0 Å². The maximum absolute atomic E-state index is 9.26. The van der Waals surface area contributed by atoms with E-state index in [0.29, 0.717) is 6.04 Å². The molecule has 1 N–H and O–H groups in total. The Morgan fingerprint density at radius 1 is 1.45 bits per heavy atom. The van der Waals surface area contributed by atoms with Gasteiger partial charge in [-0.25, -0.2) is 0 Å². The first-order valence-corrected chi connectivity index (χ1v) is 4.03. The molecule has 1 saturated carbocycles. The summed E-state index contributed by atoms with van der Waals surface area (Å²) >= 11 is 0. The van der Waals surface area contributed by atoms with Crippen LogP contribution in [0.4, 0.5) is 0 Å². The highest BCUT2D eigenvalue weighted by Crippen LogP contribution is 2.28. The van der Waals surface area contributed by atoms with Gasteiger partial charge in [0.2, 0.25) is 0 Å². The topological polar surface area (TPSA) is 38.0 Å². The zero-order chi connectivity index (χ0) is 7.68. The summed E-state index contributed by atoms with van der Waals surface area (Å²) in [6.07, 6.45) is 6.48. The molecule has 0 bridgehead atoms. The summed E-state index contributed by atoms with van der Waals surface area (Å²) in [7, 11) is 0. The van der Waals surface area contributed by atoms with E-state index in [2.05, 4.69) is 5.10 Å². The largest absolute Gasteiger partial charge is 0.393 e. The Morgan fingerprint density at radius 2 is 2.36 bits per heavy atom. The van der Waals surface area contributed by atoms with Gasteiger partial charge in [-0.15, -0.1) is 0 Å². The Kier molecular flexibility index (Phi) is 1.66. The average Bonchev–Trinajstić information content (AvgIpc) is 2.55. The van der Waals surface area contributed by atoms with Crippen molar-refractivity contribution in [2.45, 2.75) is 31.4 Å². The molecule has 0 aliphatic heterocycles. The van der Waals surface area contributed by atoms with E-state index >= 15 is 0 Å². The summed E-state index contributed by atoms with van der Waals surface area (Å²) < 4.78 is 1.94. The molecule has 11 heavy (non-hydrogen) atoms. The number of aliphatic hydroxyl groups is 1. The first-order chi connectivity index (χ1) is 5.36. The lowest BCUT2D eigenvalue weighted by Crippen LogP contribution is -2.07. The maximum Gasteiger partial charge on any atom is 0.0561 e. The van der Waals surface area contributed by atoms with Gasteiger partial charge < -0.3 is 5.11 Å². The van der Waals surface area contributed by atoms with E-state index < -0.39 is 0 Å². The Balaban J connectivity index is 2.08. The quantitative estimate of drug-likeness (QED) is 0.651. The van der Waals surface area contributed by atoms with E-state index in [4.69, 9.17) is 0 Å². The molecular weight excluding hydrogens is 140 g/mol. The molecule has 3 heteroatoms. The minimum Gasteiger partial charge on any atom is -0.393 e. The molecule has 1 aromatic heterocycles. The summed E-state index contributed by atoms with van der Waals surface area (Å²) in [4.78, 5) is 0. The Bertz CT molecular complexity index is 220. The minimum atomic E-state index is -0.107. The van der Waals surface area contributed by atoms with Gasteiger partial charge in [-0.05, 0) is 25.3 Å². The number of rotatable bonds is 1. The number of hydrogen-bond donors (Lipinski definition) is 1. The summed E-state index contributed by atoms with van der Waals surface area (Å²) in [5.74, 6) is 0. The van der Waals surface area contributed by atoms with Crippen LogP contribution in [0, 0.1) is 0 Å². The predicted octanol–water partition coefficient (Wildman–Crippen LogP) is 0.969. The smallest absolute Gasteiger partial charge is 0.0561 e. The second-order valence-electron chi connectivity index (χ2n) is 3.11. The minimum absolute atomic E-state index is 0.107. The summed E-state index contributed by atoms with van der Waals surface area (Å²) in [6, 6.07) is 2.35. The van der Waals surface area contributed by atoms with Crippen molar-refractivity contribution in [2.75, 3.05) is 0 Å². The van der Waals surface area contributed by atoms with Crippen molar-refractivity contribution in [1.82, 2.24) is 9.78 Å². The van der Waals surface area contributed by atoms with Crippen LogP contribution in [0.3, 0.4) is 0 Å². The predicted molar refractivity (Wildman–Crippen MR) is 41.1 cm³/mol. The number of aliphatic hydroxyl groups excluding tert-OH is 1. The normalized spacial score (nSPS) is 31.0. The Hall–Kier alpha value is -0.830. The van der Waals surface area contributed by atoms with Crippen molar-refractivity contribution in [3.05, 3.63) is 18.5 Å². The Labute approximate surface area is 65.7 Å². The SMILES string of the molecule is O[C@H]1CC[C@H](n2cccn2)C1. The first kappa shape index (κ1) is 6.85. The van der Waals surface area contributed by atoms with Crippen LogP contribution >= 0.6 is 0 Å². The van der Waals surface area contributed by atoms with Gasteiger partial charge in [-0.2, -0.15) is 5.10 Å². The molecule has 0 unspecified atom stereocenters. The highest BCUT2D eigenvalue weighted by Gasteiger charge is 2.23. The number of aromatic nitrogens is 2. The van der Waals surface area contributed by atoms with E-state index in [1.165, 1.54) is 0 Å². The summed E-state index contributed by atoms with van der Waals surface area (Å²) in [5, 5.41) is 13.4. The average molecular weight is 152 g/mol. The third-order valence-corrected chi connectivity index (χ3v) is 2.28. The molecule has 1 heterocycles. The van der Waals surface area contributed by atoms with Crippen LogP contribution in [0.15, 0.2) is 18.5 Å². The van der Waals surface area contributed by atoms with Crippen molar-refractivity contribution in [3.63, 3.8) is 0 Å². The van der Waals surface area contributed by atoms with Crippen molar-refractivity contribution in [1.29, 1.82) is 0 Å². The van der Waals surface area contributed by atoms with Crippen molar-refractivity contribution < 1.29 is 5.11 Å². The van der Waals surface area contributed by atoms with Crippen LogP contribution in [0.2, 0.25) is 0 Å². The van der Waals surface area contributed by atoms with E-state index in [1.807, 2.05) is 16.9 Å². The third kappa shape index (κ3) is 1.28. The molecular formula is C8H12N2O. The van der Waals surface area contributed by atoms with E-state index in [-0.39, 0.29) is 6.10 Å². The van der Waals surface area contributed by atoms with Crippen LogP contribution in [-0.4, -0.2) is 21.0 Å². The van der Waals surface area contributed by atoms with Gasteiger partial charge in [0.05, 0.1) is 12.1 Å². The zero-order valence-corrected chi connectivity index (χ0v) is 6.35. The molecule has 0 amide bonds. The molecule has 1 aliphatic rings. The van der Waals surface area contributed by atoms with Crippen LogP contribution in [0.25, 0.3) is 0 Å². The van der Waals surface area contributed by atoms with Gasteiger partial charge in [-0.3, -0.25) is 4.68 Å². The molecule has 0 aromatic carbocycles. The fourth-order valence-corrected chi connectivity index (χ4v) is 1.67. The molecule has 2 atom stereocenters. The standard InChI is InChI=1S/C8H12N2O/c11-8-3-2-7(6-8)10-5-1-4-9-10/h1,4-5,7-8,11H,2-3,6H2/t7-,8-/m0/s1. The van der Waals surface area contributed by atoms with Gasteiger partial charge in [0.25, 0.3) is 0 Å². The number of hydrogen-bond acceptors (Lipinski definition) is 2. The van der Waals surface area contributed by atoms with Gasteiger partial charge in [0.1, 0.15) is 0 Å². The highest BCUT2D eigenvalue weighted by molar-refractivity contribution is 4.85. The molecule has 0 saturated heterocycles. The Morgan fingerprint density at radius 3 is 2.91 bits per heavy atom. The maximum atomic E-state index is 9.26. The lowest BCUT2D eigenvalue weighted by molar-refractivity contribution is 0.177. The van der Waals surface area contributed by atoms with Gasteiger partial charge in [0.15, 0.2) is 0 Å². The zero-order valence-electron chi connectivity index (χ0n) is 6.35. The molecule has 3 nitrogen and oxygen atoms in total. The van der Waals surface area contributed by atoms with Crippen molar-refractivity contribution >= 4 is 0 Å². The fraction of sp³-hybridized carbons (Fsp3) is 0.625. The van der Waals surface area contributed by atoms with Gasteiger partial charge >= 0.3 is 0 Å². The second-order valence-corrected chi connectivity index (χ2v) is 3.11. The molecule has 60 valence electrons. The van der Waals surface area contributed by atoms with Crippen LogP contribution in [-0.2, 0) is 0 Å².